The van der Waals surface area contributed by atoms with Crippen molar-refractivity contribution >= 4 is 23.4 Å². The van der Waals surface area contributed by atoms with Gasteiger partial charge in [-0.2, -0.15) is 0 Å². The summed E-state index contributed by atoms with van der Waals surface area (Å²) >= 11 is 0. The lowest BCUT2D eigenvalue weighted by Crippen LogP contribution is -2.40. The maximum absolute atomic E-state index is 10.7. The van der Waals surface area contributed by atoms with Gasteiger partial charge in [0.05, 0.1) is 12.0 Å². The van der Waals surface area contributed by atoms with Crippen molar-refractivity contribution in [3.63, 3.8) is 0 Å². The molecule has 0 unspecified atom stereocenters. The molecule has 0 bridgehead atoms. The van der Waals surface area contributed by atoms with Crippen molar-refractivity contribution in [2.24, 2.45) is 0 Å². The Bertz CT molecular complexity index is 1350. The molecule has 0 saturated carbocycles. The number of aryl methyl sites for hydroxylation is 2. The lowest BCUT2D eigenvalue weighted by molar-refractivity contribution is 0.0599. The Labute approximate surface area is 227 Å². The minimum absolute atomic E-state index is 0. The number of hydrogen-bond acceptors (Lipinski definition) is 8. The average Bonchev–Trinajstić information content (AvgIpc) is 3.54. The number of aromatic nitrogens is 2. The van der Waals surface area contributed by atoms with E-state index in [-0.39, 0.29) is 24.5 Å². The Morgan fingerprint density at radius 3 is 2.74 bits per heavy atom. The van der Waals surface area contributed by atoms with E-state index in [2.05, 4.69) is 33.3 Å². The van der Waals surface area contributed by atoms with Crippen molar-refractivity contribution in [3.8, 4) is 23.1 Å². The molecule has 6 rings (SSSR count). The summed E-state index contributed by atoms with van der Waals surface area (Å²) in [6.07, 6.45) is 3.80. The minimum atomic E-state index is -0.584. The topological polar surface area (TPSA) is 125 Å². The predicted octanol–water partition coefficient (Wildman–Crippen LogP) is 4.33. The molecule has 9 nitrogen and oxygen atoms in total. The van der Waals surface area contributed by atoms with Gasteiger partial charge in [0, 0.05) is 19.5 Å². The number of aliphatic hydroxyl groups is 1. The summed E-state index contributed by atoms with van der Waals surface area (Å²) in [5.41, 5.74) is 3.38. The van der Waals surface area contributed by atoms with Crippen LogP contribution in [-0.4, -0.2) is 64.6 Å². The first-order valence-electron chi connectivity index (χ1n) is 12.7. The number of nitrogens with zero attached hydrogens (tertiary/aromatic N) is 3. The van der Waals surface area contributed by atoms with E-state index in [1.165, 1.54) is 11.1 Å². The number of piperidine rings is 1. The Morgan fingerprint density at radius 2 is 1.95 bits per heavy atom. The molecule has 2 aliphatic heterocycles. The first kappa shape index (κ1) is 27.9. The van der Waals surface area contributed by atoms with Crippen LogP contribution >= 0.6 is 12.4 Å². The lowest BCUT2D eigenvalue weighted by atomic mass is 9.88. The molecule has 0 spiro atoms. The van der Waals surface area contributed by atoms with Gasteiger partial charge in [-0.05, 0) is 74.0 Å². The van der Waals surface area contributed by atoms with Crippen LogP contribution in [0.1, 0.15) is 42.2 Å². The molecule has 2 aliphatic rings. The summed E-state index contributed by atoms with van der Waals surface area (Å²) in [5.74, 6) is 3.58. The number of ether oxygens (including phenoxy) is 2. The van der Waals surface area contributed by atoms with Crippen LogP contribution in [0.4, 0.5) is 0 Å². The fraction of sp³-hybridized carbons (Fsp3) is 0.429. The second-order valence-electron chi connectivity index (χ2n) is 9.76. The first-order chi connectivity index (χ1) is 17.6. The van der Waals surface area contributed by atoms with Crippen LogP contribution in [0.15, 0.2) is 51.3 Å². The summed E-state index contributed by atoms with van der Waals surface area (Å²) in [4.78, 5) is 2.33. The van der Waals surface area contributed by atoms with Crippen LogP contribution in [-0.2, 0) is 6.42 Å². The highest BCUT2D eigenvalue weighted by Gasteiger charge is 2.24. The fourth-order valence-corrected chi connectivity index (χ4v) is 5.26. The van der Waals surface area contributed by atoms with Crippen LogP contribution in [0, 0.1) is 6.92 Å². The Hall–Kier alpha value is -3.11. The number of furan rings is 1. The smallest absolute Gasteiger partial charge is 0.283 e. The number of fused-ring (bicyclic) bond motifs is 2. The van der Waals surface area contributed by atoms with Gasteiger partial charge < -0.3 is 33.8 Å². The highest BCUT2D eigenvalue weighted by Crippen LogP contribution is 2.35. The Morgan fingerprint density at radius 1 is 1.11 bits per heavy atom. The van der Waals surface area contributed by atoms with Gasteiger partial charge in [0.25, 0.3) is 5.89 Å². The highest BCUT2D eigenvalue weighted by molar-refractivity contribution is 5.87. The van der Waals surface area contributed by atoms with Gasteiger partial charge in [-0.3, -0.25) is 0 Å². The third-order valence-electron chi connectivity index (χ3n) is 7.16. The fourth-order valence-electron chi connectivity index (χ4n) is 5.26. The van der Waals surface area contributed by atoms with Gasteiger partial charge in [0.15, 0.2) is 5.76 Å². The predicted molar refractivity (Wildman–Crippen MR) is 145 cm³/mol. The Balaban J connectivity index is 0.00000168. The average molecular weight is 544 g/mol. The molecule has 38 heavy (non-hydrogen) atoms. The summed E-state index contributed by atoms with van der Waals surface area (Å²) in [6, 6.07) is 14.2. The van der Waals surface area contributed by atoms with Crippen molar-refractivity contribution < 1.29 is 28.9 Å². The third-order valence-corrected chi connectivity index (χ3v) is 7.16. The van der Waals surface area contributed by atoms with E-state index in [1.54, 1.807) is 6.92 Å². The van der Waals surface area contributed by atoms with Crippen LogP contribution in [0.5, 0.6) is 11.5 Å². The standard InChI is InChI=1S/C28H31N3O5.ClH.H2O/c1-18-29-30-28(35-18)27-15-23-24(5-2-6-25(23)36-27)34-17-22(32)16-31-11-9-19(10-12-31)21-8-7-20-4-3-13-33-26(20)14-21;;/h2,5-8,14-15,19,22,32H,3-4,9-13,16-17H2,1H3;1H;1H2/t22-;;/m0../s1. The van der Waals surface area contributed by atoms with Gasteiger partial charge in [-0.15, -0.1) is 22.6 Å². The number of benzene rings is 2. The van der Waals surface area contributed by atoms with E-state index in [0.717, 1.165) is 56.5 Å². The SMILES string of the molecule is Cc1nnc(-c2cc3c(OC[C@@H](O)CN4CCC(c5ccc6c(c5)OCCC6)CC4)cccc3o2)o1.Cl.O. The molecule has 1 atom stereocenters. The van der Waals surface area contributed by atoms with Gasteiger partial charge >= 0.3 is 0 Å². The number of β-amino-alcohol motifs (C(OH)–C–C–N with tert-alkyl or cyclic N) is 1. The maximum atomic E-state index is 10.7. The van der Waals surface area contributed by atoms with Crippen molar-refractivity contribution in [1.29, 1.82) is 0 Å². The van der Waals surface area contributed by atoms with Crippen molar-refractivity contribution in [1.82, 2.24) is 15.1 Å². The van der Waals surface area contributed by atoms with Gasteiger partial charge in [-0.1, -0.05) is 18.2 Å². The molecule has 3 N–H and O–H groups in total. The molecule has 0 aliphatic carbocycles. The summed E-state index contributed by atoms with van der Waals surface area (Å²) in [5, 5.41) is 19.4. The van der Waals surface area contributed by atoms with E-state index in [0.29, 0.717) is 41.3 Å². The molecule has 4 aromatic rings. The summed E-state index contributed by atoms with van der Waals surface area (Å²) in [6.45, 7) is 5.28. The number of hydrogen-bond donors (Lipinski definition) is 1. The van der Waals surface area contributed by atoms with E-state index < -0.39 is 6.10 Å². The zero-order valence-electron chi connectivity index (χ0n) is 21.4. The third kappa shape index (κ3) is 5.96. The molecular formula is C28H34ClN3O6. The number of likely N-dealkylation sites (tertiary alicyclic amines) is 1. The largest absolute Gasteiger partial charge is 0.493 e. The van der Waals surface area contributed by atoms with E-state index in [1.807, 2.05) is 24.3 Å². The molecule has 4 heterocycles. The second kappa shape index (κ2) is 12.2. The molecule has 2 aromatic heterocycles. The maximum Gasteiger partial charge on any atom is 0.283 e. The number of aliphatic hydroxyl groups excluding tert-OH is 1. The Kier molecular flexibility index (Phi) is 8.94. The quantitative estimate of drug-likeness (QED) is 0.365. The van der Waals surface area contributed by atoms with E-state index >= 15 is 0 Å². The van der Waals surface area contributed by atoms with Crippen LogP contribution < -0.4 is 9.47 Å². The second-order valence-corrected chi connectivity index (χ2v) is 9.76. The zero-order valence-corrected chi connectivity index (χ0v) is 22.2. The van der Waals surface area contributed by atoms with Gasteiger partial charge in [0.1, 0.15) is 29.8 Å². The van der Waals surface area contributed by atoms with Crippen molar-refractivity contribution in [2.75, 3.05) is 32.8 Å². The molecule has 1 fully saturated rings. The zero-order chi connectivity index (χ0) is 24.5. The number of rotatable bonds is 7. The molecular weight excluding hydrogens is 510 g/mol. The summed E-state index contributed by atoms with van der Waals surface area (Å²) in [7, 11) is 0. The van der Waals surface area contributed by atoms with E-state index in [4.69, 9.17) is 18.3 Å². The highest BCUT2D eigenvalue weighted by atomic mass is 35.5. The summed E-state index contributed by atoms with van der Waals surface area (Å²) < 4.78 is 23.2. The van der Waals surface area contributed by atoms with E-state index in [9.17, 15) is 5.11 Å². The van der Waals surface area contributed by atoms with Gasteiger partial charge in [-0.25, -0.2) is 0 Å². The van der Waals surface area contributed by atoms with Crippen molar-refractivity contribution in [2.45, 2.75) is 44.6 Å². The minimum Gasteiger partial charge on any atom is -0.493 e. The molecule has 0 radical (unpaired) electrons. The van der Waals surface area contributed by atoms with Crippen LogP contribution in [0.3, 0.4) is 0 Å². The molecule has 10 heteroatoms. The molecule has 0 amide bonds. The van der Waals surface area contributed by atoms with Crippen LogP contribution in [0.2, 0.25) is 0 Å². The van der Waals surface area contributed by atoms with Crippen LogP contribution in [0.25, 0.3) is 22.6 Å². The van der Waals surface area contributed by atoms with Crippen molar-refractivity contribution in [3.05, 3.63) is 59.5 Å². The molecule has 204 valence electrons. The number of halogens is 1. The van der Waals surface area contributed by atoms with Gasteiger partial charge in [0.2, 0.25) is 5.89 Å². The monoisotopic (exact) mass is 543 g/mol. The molecule has 1 saturated heterocycles. The molecule has 2 aromatic carbocycles. The lowest BCUT2D eigenvalue weighted by Gasteiger charge is -2.33. The normalized spacial score (nSPS) is 16.7. The first-order valence-corrected chi connectivity index (χ1v) is 12.7.